The van der Waals surface area contributed by atoms with Gasteiger partial charge in [-0.3, -0.25) is 4.79 Å². The third-order valence-electron chi connectivity index (χ3n) is 5.80. The standard InChI is InChI=1S/C24H30F3NO2/c1-5-7-20(17-10-12-19(13-11-17)24(25,26)27)28-21(15(2)3)14-18-8-6-9-22(23(18)28)30-16(4)29/h10-15,20,22H,5-9H2,1-4H3/t20-,22?/m0/s1. The molecule has 30 heavy (non-hydrogen) atoms. The molecule has 0 N–H and O–H groups in total. The van der Waals surface area contributed by atoms with Crippen molar-refractivity contribution in [2.45, 2.75) is 84.0 Å². The van der Waals surface area contributed by atoms with Crippen LogP contribution in [0.2, 0.25) is 0 Å². The summed E-state index contributed by atoms with van der Waals surface area (Å²) in [6.45, 7) is 7.73. The van der Waals surface area contributed by atoms with Crippen LogP contribution in [0.1, 0.15) is 99.5 Å². The molecule has 1 aliphatic carbocycles. The van der Waals surface area contributed by atoms with Crippen molar-refractivity contribution in [1.29, 1.82) is 0 Å². The van der Waals surface area contributed by atoms with Gasteiger partial charge in [-0.05, 0) is 60.9 Å². The van der Waals surface area contributed by atoms with Gasteiger partial charge in [0, 0.05) is 12.6 Å². The highest BCUT2D eigenvalue weighted by atomic mass is 19.4. The highest BCUT2D eigenvalue weighted by molar-refractivity contribution is 5.66. The van der Waals surface area contributed by atoms with E-state index in [1.807, 2.05) is 0 Å². The van der Waals surface area contributed by atoms with Crippen LogP contribution in [0.15, 0.2) is 30.3 Å². The van der Waals surface area contributed by atoms with Crippen LogP contribution in [0.5, 0.6) is 0 Å². The summed E-state index contributed by atoms with van der Waals surface area (Å²) >= 11 is 0. The first-order valence-electron chi connectivity index (χ1n) is 10.7. The molecule has 0 saturated heterocycles. The van der Waals surface area contributed by atoms with Crippen molar-refractivity contribution in [2.75, 3.05) is 0 Å². The van der Waals surface area contributed by atoms with E-state index >= 15 is 0 Å². The van der Waals surface area contributed by atoms with Gasteiger partial charge in [0.25, 0.3) is 0 Å². The zero-order chi connectivity index (χ0) is 22.1. The summed E-state index contributed by atoms with van der Waals surface area (Å²) in [5, 5.41) is 0. The van der Waals surface area contributed by atoms with Gasteiger partial charge in [-0.1, -0.05) is 39.3 Å². The number of halogens is 3. The average molecular weight is 422 g/mol. The van der Waals surface area contributed by atoms with Gasteiger partial charge >= 0.3 is 12.1 Å². The van der Waals surface area contributed by atoms with Crippen molar-refractivity contribution in [3.05, 3.63) is 58.4 Å². The van der Waals surface area contributed by atoms with Crippen molar-refractivity contribution in [3.63, 3.8) is 0 Å². The first-order chi connectivity index (χ1) is 14.1. The number of carbonyl (C=O) groups excluding carboxylic acids is 1. The van der Waals surface area contributed by atoms with Crippen LogP contribution < -0.4 is 0 Å². The summed E-state index contributed by atoms with van der Waals surface area (Å²) < 4.78 is 47.1. The maximum atomic E-state index is 13.1. The summed E-state index contributed by atoms with van der Waals surface area (Å²) in [4.78, 5) is 11.7. The van der Waals surface area contributed by atoms with E-state index in [1.165, 1.54) is 12.5 Å². The smallest absolute Gasteiger partial charge is 0.416 e. The van der Waals surface area contributed by atoms with E-state index in [2.05, 4.69) is 31.4 Å². The minimum Gasteiger partial charge on any atom is -0.456 e. The molecule has 0 radical (unpaired) electrons. The quantitative estimate of drug-likeness (QED) is 0.472. The summed E-state index contributed by atoms with van der Waals surface area (Å²) in [5.41, 5.74) is 3.54. The van der Waals surface area contributed by atoms with E-state index in [0.717, 1.165) is 61.2 Å². The van der Waals surface area contributed by atoms with Crippen LogP contribution in [0.4, 0.5) is 13.2 Å². The topological polar surface area (TPSA) is 31.2 Å². The monoisotopic (exact) mass is 421 g/mol. The predicted molar refractivity (Wildman–Crippen MR) is 110 cm³/mol. The number of alkyl halides is 3. The fourth-order valence-electron chi connectivity index (χ4n) is 4.51. The normalized spacial score (nSPS) is 17.7. The molecule has 6 heteroatoms. The largest absolute Gasteiger partial charge is 0.456 e. The first-order valence-corrected chi connectivity index (χ1v) is 10.7. The zero-order valence-electron chi connectivity index (χ0n) is 18.1. The lowest BCUT2D eigenvalue weighted by atomic mass is 9.94. The molecule has 0 bridgehead atoms. The molecule has 2 atom stereocenters. The van der Waals surface area contributed by atoms with Crippen molar-refractivity contribution in [3.8, 4) is 0 Å². The SMILES string of the molecule is CCC[C@@H](c1ccc(C(F)(F)F)cc1)n1c(C(C)C)cc2c1C(OC(C)=O)CCC2. The van der Waals surface area contributed by atoms with Gasteiger partial charge in [0.1, 0.15) is 6.10 Å². The van der Waals surface area contributed by atoms with Gasteiger partial charge in [-0.25, -0.2) is 0 Å². The van der Waals surface area contributed by atoms with Crippen LogP contribution in [0, 0.1) is 0 Å². The zero-order valence-corrected chi connectivity index (χ0v) is 18.1. The molecule has 1 aliphatic rings. The summed E-state index contributed by atoms with van der Waals surface area (Å²) in [6.07, 6.45) is -0.355. The van der Waals surface area contributed by atoms with Crippen LogP contribution in [0.3, 0.4) is 0 Å². The Kier molecular flexibility index (Phi) is 6.63. The Hall–Kier alpha value is -2.24. The van der Waals surface area contributed by atoms with Gasteiger partial charge in [0.15, 0.2) is 0 Å². The number of esters is 1. The van der Waals surface area contributed by atoms with Crippen molar-refractivity contribution >= 4 is 5.97 Å². The van der Waals surface area contributed by atoms with Gasteiger partial charge in [0.2, 0.25) is 0 Å². The Balaban J connectivity index is 2.14. The number of hydrogen-bond acceptors (Lipinski definition) is 2. The summed E-state index contributed by atoms with van der Waals surface area (Å²) in [7, 11) is 0. The Bertz CT molecular complexity index is 881. The van der Waals surface area contributed by atoms with Crippen LogP contribution >= 0.6 is 0 Å². The lowest BCUT2D eigenvalue weighted by Crippen LogP contribution is -2.23. The van der Waals surface area contributed by atoms with Gasteiger partial charge in [-0.15, -0.1) is 0 Å². The van der Waals surface area contributed by atoms with Crippen LogP contribution in [0.25, 0.3) is 0 Å². The van der Waals surface area contributed by atoms with E-state index in [1.54, 1.807) is 12.1 Å². The third-order valence-corrected chi connectivity index (χ3v) is 5.80. The molecular formula is C24H30F3NO2. The minimum atomic E-state index is -4.35. The van der Waals surface area contributed by atoms with E-state index in [9.17, 15) is 18.0 Å². The number of hydrogen-bond donors (Lipinski definition) is 0. The Morgan fingerprint density at radius 2 is 1.90 bits per heavy atom. The second-order valence-corrected chi connectivity index (χ2v) is 8.42. The fourth-order valence-corrected chi connectivity index (χ4v) is 4.51. The Morgan fingerprint density at radius 3 is 2.43 bits per heavy atom. The van der Waals surface area contributed by atoms with Crippen molar-refractivity contribution in [1.82, 2.24) is 4.57 Å². The number of benzene rings is 1. The van der Waals surface area contributed by atoms with Gasteiger partial charge < -0.3 is 9.30 Å². The van der Waals surface area contributed by atoms with E-state index in [0.29, 0.717) is 0 Å². The van der Waals surface area contributed by atoms with E-state index < -0.39 is 11.7 Å². The summed E-state index contributed by atoms with van der Waals surface area (Å²) in [5.74, 6) is -0.0735. The molecule has 0 amide bonds. The maximum absolute atomic E-state index is 13.1. The summed E-state index contributed by atoms with van der Waals surface area (Å²) in [6, 6.07) is 7.59. The number of fused-ring (bicyclic) bond motifs is 1. The van der Waals surface area contributed by atoms with Crippen molar-refractivity contribution in [2.24, 2.45) is 0 Å². The number of aromatic nitrogens is 1. The molecule has 0 aliphatic heterocycles. The molecule has 1 aromatic heterocycles. The Labute approximate surface area is 176 Å². The molecule has 3 rings (SSSR count). The average Bonchev–Trinajstić information content (AvgIpc) is 3.06. The number of nitrogens with zero attached hydrogens (tertiary/aromatic N) is 1. The Morgan fingerprint density at radius 1 is 1.23 bits per heavy atom. The number of ether oxygens (including phenoxy) is 1. The highest BCUT2D eigenvalue weighted by Crippen LogP contribution is 2.41. The molecule has 0 spiro atoms. The van der Waals surface area contributed by atoms with Crippen LogP contribution in [-0.2, 0) is 22.1 Å². The maximum Gasteiger partial charge on any atom is 0.416 e. The number of rotatable bonds is 6. The minimum absolute atomic E-state index is 0.102. The van der Waals surface area contributed by atoms with E-state index in [-0.39, 0.29) is 24.0 Å². The molecule has 3 nitrogen and oxygen atoms in total. The second kappa shape index (κ2) is 8.86. The molecule has 2 aromatic rings. The molecule has 164 valence electrons. The third kappa shape index (κ3) is 4.57. The van der Waals surface area contributed by atoms with Gasteiger partial charge in [0.05, 0.1) is 17.3 Å². The van der Waals surface area contributed by atoms with Gasteiger partial charge in [-0.2, -0.15) is 13.2 Å². The lowest BCUT2D eigenvalue weighted by molar-refractivity contribution is -0.147. The molecular weight excluding hydrogens is 391 g/mol. The molecule has 1 aromatic carbocycles. The number of aryl methyl sites for hydroxylation is 1. The highest BCUT2D eigenvalue weighted by Gasteiger charge is 2.33. The molecule has 0 fully saturated rings. The number of carbonyl (C=O) groups is 1. The molecule has 0 saturated carbocycles. The van der Waals surface area contributed by atoms with Crippen LogP contribution in [-0.4, -0.2) is 10.5 Å². The second-order valence-electron chi connectivity index (χ2n) is 8.42. The first kappa shape index (κ1) is 22.4. The molecule has 1 unspecified atom stereocenters. The van der Waals surface area contributed by atoms with Crippen molar-refractivity contribution < 1.29 is 22.7 Å². The molecule has 1 heterocycles. The fraction of sp³-hybridized carbons (Fsp3) is 0.542. The lowest BCUT2D eigenvalue weighted by Gasteiger charge is -2.31. The van der Waals surface area contributed by atoms with E-state index in [4.69, 9.17) is 4.74 Å². The predicted octanol–water partition coefficient (Wildman–Crippen LogP) is 6.96.